The number of aromatic nitrogens is 3. The first-order valence-corrected chi connectivity index (χ1v) is 10.5. The van der Waals surface area contributed by atoms with Crippen LogP contribution in [0.3, 0.4) is 0 Å². The molecule has 2 aromatic heterocycles. The van der Waals surface area contributed by atoms with Crippen LogP contribution in [-0.4, -0.2) is 33.7 Å². The Bertz CT molecular complexity index is 1430. The molecular formula is C24H19F3N4O3. The number of nitrogens with one attached hydrogen (secondary N) is 1. The lowest BCUT2D eigenvalue weighted by Crippen LogP contribution is -2.16. The van der Waals surface area contributed by atoms with Crippen molar-refractivity contribution in [1.29, 1.82) is 0 Å². The number of ether oxygens (including phenoxy) is 2. The van der Waals surface area contributed by atoms with Gasteiger partial charge in [0, 0.05) is 11.3 Å². The summed E-state index contributed by atoms with van der Waals surface area (Å²) in [5.74, 6) is 0.309. The number of hydrogen-bond acceptors (Lipinski definition) is 5. The number of fused-ring (bicyclic) bond motifs is 2. The molecule has 34 heavy (non-hydrogen) atoms. The average Bonchev–Trinajstić information content (AvgIpc) is 3.24. The number of halogens is 3. The fourth-order valence-electron chi connectivity index (χ4n) is 3.69. The number of hydrogen-bond donors (Lipinski definition) is 1. The van der Waals surface area contributed by atoms with Crippen molar-refractivity contribution in [2.24, 2.45) is 0 Å². The molecular weight excluding hydrogens is 449 g/mol. The zero-order chi connectivity index (χ0) is 24.0. The number of carbonyl (C=O) groups excluding carboxylic acids is 1. The summed E-state index contributed by atoms with van der Waals surface area (Å²) in [4.78, 5) is 17.3. The Kier molecular flexibility index (Phi) is 5.15. The minimum Gasteiger partial charge on any atom is -0.486 e. The predicted molar refractivity (Wildman–Crippen MR) is 118 cm³/mol. The maximum absolute atomic E-state index is 13.9. The molecule has 2 aromatic carbocycles. The minimum absolute atomic E-state index is 0.0255. The van der Waals surface area contributed by atoms with Crippen molar-refractivity contribution in [3.8, 4) is 22.8 Å². The first-order chi connectivity index (χ1) is 16.2. The predicted octanol–water partition coefficient (Wildman–Crippen LogP) is 5.06. The van der Waals surface area contributed by atoms with Crippen molar-refractivity contribution in [1.82, 2.24) is 14.6 Å². The highest BCUT2D eigenvalue weighted by molar-refractivity contribution is 6.08. The largest absolute Gasteiger partial charge is 0.486 e. The molecule has 4 aromatic rings. The van der Waals surface area contributed by atoms with E-state index in [-0.39, 0.29) is 16.9 Å². The van der Waals surface area contributed by atoms with Gasteiger partial charge in [0.05, 0.1) is 11.9 Å². The second-order valence-corrected chi connectivity index (χ2v) is 7.93. The molecule has 1 aliphatic rings. The van der Waals surface area contributed by atoms with Gasteiger partial charge >= 0.3 is 6.18 Å². The zero-order valence-electron chi connectivity index (χ0n) is 18.2. The van der Waals surface area contributed by atoms with Gasteiger partial charge in [-0.2, -0.15) is 18.3 Å². The Morgan fingerprint density at radius 3 is 2.50 bits per heavy atom. The van der Waals surface area contributed by atoms with Gasteiger partial charge in [-0.3, -0.25) is 4.79 Å². The number of alkyl halides is 3. The van der Waals surface area contributed by atoms with Crippen LogP contribution in [0, 0.1) is 13.8 Å². The van der Waals surface area contributed by atoms with E-state index in [0.29, 0.717) is 40.5 Å². The monoisotopic (exact) mass is 468 g/mol. The molecule has 1 amide bonds. The molecule has 3 heterocycles. The molecule has 5 rings (SSSR count). The highest BCUT2D eigenvalue weighted by atomic mass is 19.4. The number of anilines is 1. The number of benzene rings is 2. The van der Waals surface area contributed by atoms with E-state index in [0.717, 1.165) is 23.4 Å². The van der Waals surface area contributed by atoms with Crippen LogP contribution >= 0.6 is 0 Å². The molecule has 0 radical (unpaired) electrons. The van der Waals surface area contributed by atoms with Gasteiger partial charge in [-0.1, -0.05) is 6.07 Å². The maximum Gasteiger partial charge on any atom is 0.433 e. The Morgan fingerprint density at radius 2 is 1.76 bits per heavy atom. The van der Waals surface area contributed by atoms with Gasteiger partial charge in [-0.25, -0.2) is 9.50 Å². The lowest BCUT2D eigenvalue weighted by atomic mass is 10.1. The van der Waals surface area contributed by atoms with Crippen LogP contribution in [0.5, 0.6) is 11.5 Å². The second-order valence-electron chi connectivity index (χ2n) is 7.93. The SMILES string of the molecule is Cc1ccc(NC(=O)c2cnn3c(C(F)(F)F)cc(-c4ccc5c(c4)OCCO5)nc23)cc1C. The summed E-state index contributed by atoms with van der Waals surface area (Å²) < 4.78 is 53.3. The van der Waals surface area contributed by atoms with Crippen LogP contribution < -0.4 is 14.8 Å². The Labute approximate surface area is 192 Å². The molecule has 0 fully saturated rings. The highest BCUT2D eigenvalue weighted by Gasteiger charge is 2.36. The third kappa shape index (κ3) is 3.91. The first kappa shape index (κ1) is 21.7. The molecule has 0 spiro atoms. The second kappa shape index (κ2) is 8.05. The third-order valence-corrected chi connectivity index (χ3v) is 5.61. The summed E-state index contributed by atoms with van der Waals surface area (Å²) in [5.41, 5.74) is 1.62. The van der Waals surface area contributed by atoms with Gasteiger partial charge < -0.3 is 14.8 Å². The van der Waals surface area contributed by atoms with Crippen molar-refractivity contribution in [2.75, 3.05) is 18.5 Å². The van der Waals surface area contributed by atoms with Crippen molar-refractivity contribution >= 4 is 17.2 Å². The molecule has 0 aliphatic carbocycles. The topological polar surface area (TPSA) is 77.8 Å². The minimum atomic E-state index is -4.72. The number of amides is 1. The van der Waals surface area contributed by atoms with Gasteiger partial charge in [-0.15, -0.1) is 0 Å². The summed E-state index contributed by atoms with van der Waals surface area (Å²) in [7, 11) is 0. The molecule has 0 atom stereocenters. The van der Waals surface area contributed by atoms with Crippen molar-refractivity contribution in [3.05, 3.63) is 71.0 Å². The van der Waals surface area contributed by atoms with Crippen LogP contribution in [-0.2, 0) is 6.18 Å². The Morgan fingerprint density at radius 1 is 1.00 bits per heavy atom. The van der Waals surface area contributed by atoms with Gasteiger partial charge in [-0.05, 0) is 61.4 Å². The van der Waals surface area contributed by atoms with Crippen LogP contribution in [0.4, 0.5) is 18.9 Å². The maximum atomic E-state index is 13.9. The fraction of sp³-hybridized carbons (Fsp3) is 0.208. The molecule has 1 aliphatic heterocycles. The van der Waals surface area contributed by atoms with Gasteiger partial charge in [0.25, 0.3) is 5.91 Å². The van der Waals surface area contributed by atoms with Crippen LogP contribution in [0.15, 0.2) is 48.7 Å². The number of carbonyl (C=O) groups is 1. The molecule has 174 valence electrons. The third-order valence-electron chi connectivity index (χ3n) is 5.61. The lowest BCUT2D eigenvalue weighted by molar-refractivity contribution is -0.142. The number of nitrogens with zero attached hydrogens (tertiary/aromatic N) is 3. The van der Waals surface area contributed by atoms with E-state index in [1.807, 2.05) is 19.9 Å². The number of aryl methyl sites for hydroxylation is 2. The summed E-state index contributed by atoms with van der Waals surface area (Å²) in [6.45, 7) is 4.57. The van der Waals surface area contributed by atoms with Crippen molar-refractivity contribution < 1.29 is 27.4 Å². The normalized spacial score (nSPS) is 13.2. The molecule has 0 unspecified atom stereocenters. The van der Waals surface area contributed by atoms with E-state index < -0.39 is 17.8 Å². The fourth-order valence-corrected chi connectivity index (χ4v) is 3.69. The van der Waals surface area contributed by atoms with Crippen LogP contribution in [0.1, 0.15) is 27.2 Å². The van der Waals surface area contributed by atoms with Crippen LogP contribution in [0.2, 0.25) is 0 Å². The highest BCUT2D eigenvalue weighted by Crippen LogP contribution is 2.37. The van der Waals surface area contributed by atoms with E-state index in [4.69, 9.17) is 9.47 Å². The average molecular weight is 468 g/mol. The standard InChI is InChI=1S/C24H19F3N4O3/c1-13-3-5-16(9-14(13)2)29-23(32)17-12-28-31-21(24(25,26)27)11-18(30-22(17)31)15-4-6-19-20(10-15)34-8-7-33-19/h3-6,9-12H,7-8H2,1-2H3,(H,29,32). The van der Waals surface area contributed by atoms with Gasteiger partial charge in [0.2, 0.25) is 0 Å². The quantitative estimate of drug-likeness (QED) is 0.455. The van der Waals surface area contributed by atoms with E-state index in [9.17, 15) is 18.0 Å². The smallest absolute Gasteiger partial charge is 0.433 e. The molecule has 0 saturated heterocycles. The summed E-state index contributed by atoms with van der Waals surface area (Å²) >= 11 is 0. The van der Waals surface area contributed by atoms with Crippen molar-refractivity contribution in [2.45, 2.75) is 20.0 Å². The Balaban J connectivity index is 1.60. The summed E-state index contributed by atoms with van der Waals surface area (Å²) in [6.07, 6.45) is -3.64. The van der Waals surface area contributed by atoms with Gasteiger partial charge in [0.1, 0.15) is 18.8 Å². The van der Waals surface area contributed by atoms with E-state index in [1.54, 1.807) is 30.3 Å². The molecule has 10 heteroatoms. The van der Waals surface area contributed by atoms with Crippen LogP contribution in [0.25, 0.3) is 16.9 Å². The van der Waals surface area contributed by atoms with Gasteiger partial charge in [0.15, 0.2) is 22.8 Å². The zero-order valence-corrected chi connectivity index (χ0v) is 18.2. The molecule has 1 N–H and O–H groups in total. The first-order valence-electron chi connectivity index (χ1n) is 10.5. The molecule has 7 nitrogen and oxygen atoms in total. The van der Waals surface area contributed by atoms with Crippen molar-refractivity contribution in [3.63, 3.8) is 0 Å². The molecule has 0 bridgehead atoms. The van der Waals surface area contributed by atoms with E-state index in [2.05, 4.69) is 15.4 Å². The Hall–Kier alpha value is -4.08. The summed E-state index contributed by atoms with van der Waals surface area (Å²) in [6, 6.07) is 11.0. The summed E-state index contributed by atoms with van der Waals surface area (Å²) in [5, 5.41) is 6.53. The number of rotatable bonds is 3. The lowest BCUT2D eigenvalue weighted by Gasteiger charge is -2.19. The van der Waals surface area contributed by atoms with E-state index >= 15 is 0 Å². The molecule has 0 saturated carbocycles. The van der Waals surface area contributed by atoms with E-state index in [1.165, 1.54) is 0 Å².